The summed E-state index contributed by atoms with van der Waals surface area (Å²) >= 11 is 0. The van der Waals surface area contributed by atoms with E-state index in [0.717, 1.165) is 5.56 Å². The molecule has 1 aliphatic rings. The standard InChI is InChI=1S/C18H20F2N4O4S/c1-27-14-8-12(10-24-7-3-6-21-24)9-15-16(14)17(22-28-15)23-29(25,26)11-13-4-2-5-18(13,19)20/h3,6-9,13H,2,4-5,10-11H2,1H3,(H,22,23). The van der Waals surface area contributed by atoms with Crippen molar-refractivity contribution in [2.24, 2.45) is 5.92 Å². The topological polar surface area (TPSA) is 99.2 Å². The number of halogens is 2. The lowest BCUT2D eigenvalue weighted by Gasteiger charge is -2.18. The van der Waals surface area contributed by atoms with Crippen molar-refractivity contribution in [3.63, 3.8) is 0 Å². The van der Waals surface area contributed by atoms with Crippen molar-refractivity contribution < 1.29 is 26.5 Å². The number of sulfonamides is 1. The van der Waals surface area contributed by atoms with Gasteiger partial charge in [0.1, 0.15) is 11.1 Å². The second kappa shape index (κ2) is 7.29. The number of nitrogens with one attached hydrogen (secondary N) is 1. The first-order chi connectivity index (χ1) is 13.8. The third-order valence-corrected chi connectivity index (χ3v) is 6.40. The van der Waals surface area contributed by atoms with Crippen LogP contribution in [0.5, 0.6) is 5.75 Å². The highest BCUT2D eigenvalue weighted by Gasteiger charge is 2.45. The fraction of sp³-hybridized carbons (Fsp3) is 0.444. The van der Waals surface area contributed by atoms with Gasteiger partial charge in [0.2, 0.25) is 10.0 Å². The van der Waals surface area contributed by atoms with E-state index < -0.39 is 27.6 Å². The minimum atomic E-state index is -4.05. The van der Waals surface area contributed by atoms with Gasteiger partial charge in [-0.15, -0.1) is 0 Å². The Bertz CT molecular complexity index is 1110. The normalized spacial score (nSPS) is 18.9. The van der Waals surface area contributed by atoms with Crippen LogP contribution >= 0.6 is 0 Å². The molecule has 0 bridgehead atoms. The number of aromatic nitrogens is 3. The van der Waals surface area contributed by atoms with Gasteiger partial charge in [0, 0.05) is 24.7 Å². The molecule has 2 heterocycles. The molecule has 8 nitrogen and oxygen atoms in total. The number of nitrogens with zero attached hydrogens (tertiary/aromatic N) is 3. The molecule has 1 N–H and O–H groups in total. The molecule has 2 aromatic heterocycles. The molecule has 29 heavy (non-hydrogen) atoms. The van der Waals surface area contributed by atoms with Crippen LogP contribution in [-0.2, 0) is 16.6 Å². The molecule has 0 aliphatic heterocycles. The van der Waals surface area contributed by atoms with E-state index in [-0.39, 0.29) is 18.7 Å². The molecule has 1 aliphatic carbocycles. The van der Waals surface area contributed by atoms with E-state index in [2.05, 4.69) is 15.0 Å². The van der Waals surface area contributed by atoms with Gasteiger partial charge in [0.25, 0.3) is 5.92 Å². The van der Waals surface area contributed by atoms with Crippen molar-refractivity contribution in [3.8, 4) is 5.75 Å². The Hall–Kier alpha value is -2.69. The largest absolute Gasteiger partial charge is 0.496 e. The summed E-state index contributed by atoms with van der Waals surface area (Å²) < 4.78 is 67.3. The Morgan fingerprint density at radius 3 is 2.90 bits per heavy atom. The van der Waals surface area contributed by atoms with Crippen LogP contribution < -0.4 is 9.46 Å². The zero-order chi connectivity index (χ0) is 20.6. The molecule has 1 unspecified atom stereocenters. The van der Waals surface area contributed by atoms with E-state index in [1.807, 2.05) is 0 Å². The second-order valence-corrected chi connectivity index (χ2v) is 8.91. The Balaban J connectivity index is 1.61. The van der Waals surface area contributed by atoms with Crippen molar-refractivity contribution in [2.75, 3.05) is 17.6 Å². The van der Waals surface area contributed by atoms with Crippen molar-refractivity contribution in [2.45, 2.75) is 31.7 Å². The molecule has 0 spiro atoms. The van der Waals surface area contributed by atoms with E-state index >= 15 is 0 Å². The number of hydrogen-bond donors (Lipinski definition) is 1. The smallest absolute Gasteiger partial charge is 0.251 e. The summed E-state index contributed by atoms with van der Waals surface area (Å²) in [6, 6.07) is 5.23. The third kappa shape index (κ3) is 4.04. The molecule has 0 saturated heterocycles. The zero-order valence-electron chi connectivity index (χ0n) is 15.6. The monoisotopic (exact) mass is 426 g/mol. The zero-order valence-corrected chi connectivity index (χ0v) is 16.5. The summed E-state index contributed by atoms with van der Waals surface area (Å²) in [6.45, 7) is 0.456. The van der Waals surface area contributed by atoms with Crippen molar-refractivity contribution in [1.29, 1.82) is 0 Å². The highest BCUT2D eigenvalue weighted by molar-refractivity contribution is 7.92. The summed E-state index contributed by atoms with van der Waals surface area (Å²) in [5, 5.41) is 8.25. The first kappa shape index (κ1) is 19.6. The van der Waals surface area contributed by atoms with Crippen molar-refractivity contribution in [1.82, 2.24) is 14.9 Å². The Morgan fingerprint density at radius 2 is 2.24 bits per heavy atom. The number of alkyl halides is 2. The van der Waals surface area contributed by atoms with Crippen LogP contribution in [0.4, 0.5) is 14.6 Å². The molecular formula is C18H20F2N4O4S. The van der Waals surface area contributed by atoms with E-state index in [1.165, 1.54) is 7.11 Å². The van der Waals surface area contributed by atoms with E-state index in [0.29, 0.717) is 29.7 Å². The number of rotatable bonds is 7. The predicted molar refractivity (Wildman–Crippen MR) is 102 cm³/mol. The lowest BCUT2D eigenvalue weighted by molar-refractivity contribution is -0.0287. The molecule has 156 valence electrons. The highest BCUT2D eigenvalue weighted by Crippen LogP contribution is 2.41. The molecule has 1 atom stereocenters. The SMILES string of the molecule is COc1cc(Cn2cccn2)cc2onc(NS(=O)(=O)CC3CCCC3(F)F)c12. The summed E-state index contributed by atoms with van der Waals surface area (Å²) in [6.07, 6.45) is 3.66. The first-order valence-electron chi connectivity index (χ1n) is 9.09. The molecule has 0 amide bonds. The average Bonchev–Trinajstić information content (AvgIpc) is 3.36. The van der Waals surface area contributed by atoms with Crippen LogP contribution in [0.2, 0.25) is 0 Å². The van der Waals surface area contributed by atoms with Crippen LogP contribution in [0.1, 0.15) is 24.8 Å². The van der Waals surface area contributed by atoms with Crippen molar-refractivity contribution >= 4 is 26.8 Å². The van der Waals surface area contributed by atoms with Gasteiger partial charge in [-0.2, -0.15) is 5.10 Å². The Kier molecular flexibility index (Phi) is 4.93. The molecule has 3 aromatic rings. The van der Waals surface area contributed by atoms with Gasteiger partial charge in [-0.3, -0.25) is 9.40 Å². The van der Waals surface area contributed by atoms with Crippen LogP contribution in [0, 0.1) is 5.92 Å². The predicted octanol–water partition coefficient (Wildman–Crippen LogP) is 3.26. The molecule has 1 saturated carbocycles. The average molecular weight is 426 g/mol. The van der Waals surface area contributed by atoms with E-state index in [4.69, 9.17) is 9.26 Å². The summed E-state index contributed by atoms with van der Waals surface area (Å²) in [5.74, 6) is -4.58. The van der Waals surface area contributed by atoms with Crippen LogP contribution in [0.15, 0.2) is 35.1 Å². The number of methoxy groups -OCH3 is 1. The van der Waals surface area contributed by atoms with Crippen LogP contribution in [0.25, 0.3) is 11.0 Å². The van der Waals surface area contributed by atoms with E-state index in [1.54, 1.807) is 35.3 Å². The number of benzene rings is 1. The lowest BCUT2D eigenvalue weighted by atomic mass is 10.1. The van der Waals surface area contributed by atoms with Crippen LogP contribution in [-0.4, -0.2) is 42.1 Å². The molecule has 4 rings (SSSR count). The number of fused-ring (bicyclic) bond motifs is 1. The summed E-state index contributed by atoms with van der Waals surface area (Å²) in [5.41, 5.74) is 1.13. The molecular weight excluding hydrogens is 406 g/mol. The van der Waals surface area contributed by atoms with Gasteiger partial charge in [-0.1, -0.05) is 5.16 Å². The quantitative estimate of drug-likeness (QED) is 0.623. The van der Waals surface area contributed by atoms with Gasteiger partial charge in [0.05, 0.1) is 19.4 Å². The Morgan fingerprint density at radius 1 is 1.41 bits per heavy atom. The number of ether oxygens (including phenoxy) is 1. The molecule has 11 heteroatoms. The maximum Gasteiger partial charge on any atom is 0.251 e. The lowest BCUT2D eigenvalue weighted by Crippen LogP contribution is -2.31. The molecule has 0 radical (unpaired) electrons. The first-order valence-corrected chi connectivity index (χ1v) is 10.7. The van der Waals surface area contributed by atoms with Crippen LogP contribution in [0.3, 0.4) is 0 Å². The molecule has 1 aromatic carbocycles. The van der Waals surface area contributed by atoms with Gasteiger partial charge < -0.3 is 9.26 Å². The fourth-order valence-corrected chi connectivity index (χ4v) is 5.11. The van der Waals surface area contributed by atoms with Gasteiger partial charge in [-0.25, -0.2) is 17.2 Å². The van der Waals surface area contributed by atoms with Gasteiger partial charge >= 0.3 is 0 Å². The highest BCUT2D eigenvalue weighted by atomic mass is 32.2. The second-order valence-electron chi connectivity index (χ2n) is 7.14. The minimum Gasteiger partial charge on any atom is -0.496 e. The van der Waals surface area contributed by atoms with Crippen molar-refractivity contribution in [3.05, 3.63) is 36.2 Å². The van der Waals surface area contributed by atoms with E-state index in [9.17, 15) is 17.2 Å². The molecule has 1 fully saturated rings. The maximum absolute atomic E-state index is 13.8. The van der Waals surface area contributed by atoms with Gasteiger partial charge in [0.15, 0.2) is 11.4 Å². The maximum atomic E-state index is 13.8. The van der Waals surface area contributed by atoms with Gasteiger partial charge in [-0.05, 0) is 36.6 Å². The summed E-state index contributed by atoms with van der Waals surface area (Å²) in [4.78, 5) is 0. The minimum absolute atomic E-state index is 0.0798. The number of anilines is 1. The fourth-order valence-electron chi connectivity index (χ4n) is 3.65. The number of hydrogen-bond acceptors (Lipinski definition) is 6. The third-order valence-electron chi connectivity index (χ3n) is 5.05. The Labute approximate surface area is 165 Å². The summed E-state index contributed by atoms with van der Waals surface area (Å²) in [7, 11) is -2.61.